The quantitative estimate of drug-likeness (QED) is 0.532. The zero-order chi connectivity index (χ0) is 22.4. The molecule has 164 valence electrons. The van der Waals surface area contributed by atoms with E-state index in [2.05, 4.69) is 22.8 Å². The van der Waals surface area contributed by atoms with E-state index in [0.29, 0.717) is 0 Å². The van der Waals surface area contributed by atoms with Gasteiger partial charge in [0.15, 0.2) is 0 Å². The molecule has 8 heteroatoms. The van der Waals surface area contributed by atoms with Crippen LogP contribution in [0.25, 0.3) is 11.1 Å². The van der Waals surface area contributed by atoms with Crippen LogP contribution >= 0.6 is 0 Å². The number of carboxylic acid groups (broad SMARTS) is 1. The Morgan fingerprint density at radius 1 is 1.00 bits per heavy atom. The van der Waals surface area contributed by atoms with Crippen molar-refractivity contribution in [2.75, 3.05) is 13.3 Å². The van der Waals surface area contributed by atoms with E-state index < -0.39 is 30.1 Å². The van der Waals surface area contributed by atoms with Crippen molar-refractivity contribution in [2.24, 2.45) is 0 Å². The molecule has 0 heterocycles. The van der Waals surface area contributed by atoms with E-state index in [0.717, 1.165) is 22.3 Å². The molecule has 0 aliphatic heterocycles. The van der Waals surface area contributed by atoms with Crippen LogP contribution in [0.5, 0.6) is 0 Å². The van der Waals surface area contributed by atoms with Crippen LogP contribution in [0.1, 0.15) is 37.3 Å². The van der Waals surface area contributed by atoms with Gasteiger partial charge in [0.25, 0.3) is 0 Å². The third-order valence-corrected chi connectivity index (χ3v) is 5.15. The molecular weight excluding hydrogens is 400 g/mol. The Hall–Kier alpha value is -3.39. The van der Waals surface area contributed by atoms with Crippen LogP contribution in [0.4, 0.5) is 4.79 Å². The van der Waals surface area contributed by atoms with Crippen LogP contribution in [-0.2, 0) is 19.1 Å². The standard InChI is InChI=1S/C23H26N2O6/c1-14(11-21(26)27)31-13-24-22(28)15(2)25-23(29)30-12-20-18-9-5-3-7-16(18)17-8-4-6-10-19(17)20/h3-10,14-15,20H,11-13H2,1-2H3,(H,24,28)(H,25,29)(H,26,27)/t14-,15+/m1/s1. The molecule has 0 saturated carbocycles. The predicted octanol–water partition coefficient (Wildman–Crippen LogP) is 2.87. The van der Waals surface area contributed by atoms with Gasteiger partial charge in [-0.2, -0.15) is 0 Å². The highest BCUT2D eigenvalue weighted by Gasteiger charge is 2.29. The highest BCUT2D eigenvalue weighted by atomic mass is 16.5. The molecular formula is C23H26N2O6. The van der Waals surface area contributed by atoms with Gasteiger partial charge >= 0.3 is 12.1 Å². The Kier molecular flexibility index (Phi) is 7.25. The molecule has 0 radical (unpaired) electrons. The fourth-order valence-corrected chi connectivity index (χ4v) is 3.60. The van der Waals surface area contributed by atoms with Crippen LogP contribution in [0.2, 0.25) is 0 Å². The van der Waals surface area contributed by atoms with Gasteiger partial charge in [0.05, 0.1) is 12.5 Å². The molecule has 31 heavy (non-hydrogen) atoms. The second kappa shape index (κ2) is 10.1. The number of alkyl carbamates (subject to hydrolysis) is 1. The molecule has 2 aromatic carbocycles. The van der Waals surface area contributed by atoms with Gasteiger partial charge in [0, 0.05) is 5.92 Å². The Morgan fingerprint density at radius 3 is 2.16 bits per heavy atom. The average molecular weight is 426 g/mol. The minimum atomic E-state index is -0.982. The van der Waals surface area contributed by atoms with Crippen molar-refractivity contribution >= 4 is 18.0 Å². The molecule has 0 fully saturated rings. The first-order valence-electron chi connectivity index (χ1n) is 10.1. The molecule has 0 spiro atoms. The fourth-order valence-electron chi connectivity index (χ4n) is 3.60. The molecule has 0 unspecified atom stereocenters. The van der Waals surface area contributed by atoms with Crippen molar-refractivity contribution in [2.45, 2.75) is 38.3 Å². The van der Waals surface area contributed by atoms with E-state index in [1.54, 1.807) is 6.92 Å². The molecule has 2 atom stereocenters. The molecule has 2 aromatic rings. The van der Waals surface area contributed by atoms with Crippen molar-refractivity contribution in [1.82, 2.24) is 10.6 Å². The van der Waals surface area contributed by atoms with Crippen LogP contribution in [0.3, 0.4) is 0 Å². The number of carbonyl (C=O) groups is 3. The first-order valence-corrected chi connectivity index (χ1v) is 10.1. The molecule has 8 nitrogen and oxygen atoms in total. The van der Waals surface area contributed by atoms with Crippen molar-refractivity contribution in [3.63, 3.8) is 0 Å². The summed E-state index contributed by atoms with van der Waals surface area (Å²) in [6.45, 7) is 3.13. The second-order valence-corrected chi connectivity index (χ2v) is 7.45. The number of carbonyl (C=O) groups excluding carboxylic acids is 2. The highest BCUT2D eigenvalue weighted by molar-refractivity contribution is 5.85. The third-order valence-electron chi connectivity index (χ3n) is 5.15. The van der Waals surface area contributed by atoms with E-state index in [-0.39, 0.29) is 25.7 Å². The van der Waals surface area contributed by atoms with Gasteiger partial charge in [-0.15, -0.1) is 0 Å². The lowest BCUT2D eigenvalue weighted by Crippen LogP contribution is -2.46. The molecule has 1 aliphatic rings. The summed E-state index contributed by atoms with van der Waals surface area (Å²) in [6, 6.07) is 15.2. The topological polar surface area (TPSA) is 114 Å². The molecule has 0 saturated heterocycles. The first kappa shape index (κ1) is 22.3. The number of benzene rings is 2. The van der Waals surface area contributed by atoms with Gasteiger partial charge in [-0.3, -0.25) is 9.59 Å². The SMILES string of the molecule is C[C@H](CC(=O)O)OCNC(=O)[C@H](C)NC(=O)OCC1c2ccccc2-c2ccccc21. The van der Waals surface area contributed by atoms with Crippen LogP contribution < -0.4 is 10.6 Å². The number of nitrogens with one attached hydrogen (secondary N) is 2. The minimum absolute atomic E-state index is 0.0635. The van der Waals surface area contributed by atoms with E-state index in [1.165, 1.54) is 6.92 Å². The van der Waals surface area contributed by atoms with E-state index in [9.17, 15) is 14.4 Å². The summed E-state index contributed by atoms with van der Waals surface area (Å²) in [5.41, 5.74) is 4.49. The maximum absolute atomic E-state index is 12.2. The molecule has 2 amide bonds. The summed E-state index contributed by atoms with van der Waals surface area (Å²) >= 11 is 0. The van der Waals surface area contributed by atoms with Gasteiger partial charge in [0.1, 0.15) is 19.4 Å². The summed E-state index contributed by atoms with van der Waals surface area (Å²) < 4.78 is 10.6. The monoisotopic (exact) mass is 426 g/mol. The maximum atomic E-state index is 12.2. The van der Waals surface area contributed by atoms with Crippen molar-refractivity contribution in [3.05, 3.63) is 59.7 Å². The van der Waals surface area contributed by atoms with Gasteiger partial charge < -0.3 is 25.2 Å². The number of amides is 2. The number of hydrogen-bond acceptors (Lipinski definition) is 5. The number of rotatable bonds is 9. The summed E-state index contributed by atoms with van der Waals surface area (Å²) in [4.78, 5) is 34.9. The first-order chi connectivity index (χ1) is 14.9. The van der Waals surface area contributed by atoms with Crippen LogP contribution in [-0.4, -0.2) is 48.6 Å². The summed E-state index contributed by atoms with van der Waals surface area (Å²) in [5, 5.41) is 13.7. The third kappa shape index (κ3) is 5.61. The smallest absolute Gasteiger partial charge is 0.407 e. The molecule has 0 bridgehead atoms. The van der Waals surface area contributed by atoms with Gasteiger partial charge in [-0.25, -0.2) is 4.79 Å². The van der Waals surface area contributed by atoms with E-state index in [1.807, 2.05) is 36.4 Å². The summed E-state index contributed by atoms with van der Waals surface area (Å²) in [7, 11) is 0. The number of aliphatic carboxylic acids is 1. The van der Waals surface area contributed by atoms with E-state index in [4.69, 9.17) is 14.6 Å². The molecule has 0 aromatic heterocycles. The number of fused-ring (bicyclic) bond motifs is 3. The van der Waals surface area contributed by atoms with E-state index >= 15 is 0 Å². The van der Waals surface area contributed by atoms with Gasteiger partial charge in [0.2, 0.25) is 5.91 Å². The summed E-state index contributed by atoms with van der Waals surface area (Å²) in [5.74, 6) is -1.51. The molecule has 1 aliphatic carbocycles. The minimum Gasteiger partial charge on any atom is -0.481 e. The average Bonchev–Trinajstić information content (AvgIpc) is 3.05. The predicted molar refractivity (Wildman–Crippen MR) is 113 cm³/mol. The molecule has 3 N–H and O–H groups in total. The Balaban J connectivity index is 1.48. The zero-order valence-corrected chi connectivity index (χ0v) is 17.5. The lowest BCUT2D eigenvalue weighted by molar-refractivity contribution is -0.140. The Bertz CT molecular complexity index is 915. The molecule has 3 rings (SSSR count). The number of hydrogen-bond donors (Lipinski definition) is 3. The van der Waals surface area contributed by atoms with Crippen molar-refractivity contribution in [3.8, 4) is 11.1 Å². The largest absolute Gasteiger partial charge is 0.481 e. The highest BCUT2D eigenvalue weighted by Crippen LogP contribution is 2.44. The fraction of sp³-hybridized carbons (Fsp3) is 0.348. The lowest BCUT2D eigenvalue weighted by atomic mass is 9.98. The second-order valence-electron chi connectivity index (χ2n) is 7.45. The summed E-state index contributed by atoms with van der Waals surface area (Å²) in [6.07, 6.45) is -1.39. The van der Waals surface area contributed by atoms with Crippen molar-refractivity contribution < 1.29 is 29.0 Å². The lowest BCUT2D eigenvalue weighted by Gasteiger charge is -2.18. The zero-order valence-electron chi connectivity index (χ0n) is 17.5. The van der Waals surface area contributed by atoms with Gasteiger partial charge in [-0.1, -0.05) is 48.5 Å². The van der Waals surface area contributed by atoms with Crippen LogP contribution in [0, 0.1) is 0 Å². The number of ether oxygens (including phenoxy) is 2. The Labute approximate surface area is 180 Å². The maximum Gasteiger partial charge on any atom is 0.407 e. The van der Waals surface area contributed by atoms with Gasteiger partial charge in [-0.05, 0) is 36.1 Å². The number of carboxylic acids is 1. The Morgan fingerprint density at radius 2 is 1.58 bits per heavy atom. The van der Waals surface area contributed by atoms with Crippen LogP contribution in [0.15, 0.2) is 48.5 Å². The van der Waals surface area contributed by atoms with Crippen molar-refractivity contribution in [1.29, 1.82) is 0 Å². The normalized spacial score (nSPS) is 14.1.